The number of rotatable bonds is 5. The van der Waals surface area contributed by atoms with Gasteiger partial charge < -0.3 is 40.3 Å². The minimum atomic E-state index is -1.05. The number of nitrogens with one attached hydrogen (secondary N) is 4. The number of amides is 6. The third-order valence-corrected chi connectivity index (χ3v) is 8.40. The highest BCUT2D eigenvalue weighted by atomic mass is 16.5. The van der Waals surface area contributed by atoms with Crippen LogP contribution >= 0.6 is 0 Å². The van der Waals surface area contributed by atoms with Crippen LogP contribution in [0.5, 0.6) is 5.75 Å². The first kappa shape index (κ1) is 35.6. The molecule has 0 fully saturated rings. The SMILES string of the molecule is CC(C)C[C@H]1NC(=O)[C@@H](C)NC(=O)c2cc(on2)CN(C(=O)c2ccc3c(c2)N(C)C(=O)CO3)CCNC(=O)[C@@H](Cc2ccccc2)NC1=O. The summed E-state index contributed by atoms with van der Waals surface area (Å²) in [7, 11) is 1.59. The number of fused-ring (bicyclic) bond motifs is 3. The maximum Gasteiger partial charge on any atom is 0.274 e. The monoisotopic (exact) mass is 687 g/mol. The highest BCUT2D eigenvalue weighted by molar-refractivity contribution is 6.01. The third kappa shape index (κ3) is 8.64. The molecular formula is C35H41N7O8. The van der Waals surface area contributed by atoms with Gasteiger partial charge in [-0.3, -0.25) is 28.8 Å². The number of anilines is 1. The Morgan fingerprint density at radius 3 is 2.42 bits per heavy atom. The Labute approximate surface area is 289 Å². The number of ether oxygens (including phenoxy) is 1. The van der Waals surface area contributed by atoms with Crippen LogP contribution in [0.15, 0.2) is 59.1 Å². The van der Waals surface area contributed by atoms with Gasteiger partial charge in [-0.05, 0) is 43.0 Å². The zero-order chi connectivity index (χ0) is 35.9. The van der Waals surface area contributed by atoms with Crippen LogP contribution in [0.1, 0.15) is 59.4 Å². The predicted octanol–water partition coefficient (Wildman–Crippen LogP) is 1.18. The Morgan fingerprint density at radius 2 is 1.68 bits per heavy atom. The van der Waals surface area contributed by atoms with Crippen molar-refractivity contribution in [1.82, 2.24) is 31.3 Å². The third-order valence-electron chi connectivity index (χ3n) is 8.40. The van der Waals surface area contributed by atoms with Gasteiger partial charge in [0.05, 0.1) is 12.2 Å². The van der Waals surface area contributed by atoms with Crippen LogP contribution in [-0.4, -0.2) is 90.4 Å². The number of hydrogen-bond acceptors (Lipinski definition) is 9. The van der Waals surface area contributed by atoms with E-state index in [0.29, 0.717) is 11.4 Å². The molecule has 0 aliphatic carbocycles. The average molecular weight is 688 g/mol. The fourth-order valence-electron chi connectivity index (χ4n) is 5.63. The summed E-state index contributed by atoms with van der Waals surface area (Å²) in [5.41, 5.74) is 1.35. The maximum absolute atomic E-state index is 13.9. The Balaban J connectivity index is 1.45. The van der Waals surface area contributed by atoms with Crippen molar-refractivity contribution in [3.63, 3.8) is 0 Å². The first-order valence-electron chi connectivity index (χ1n) is 16.4. The molecule has 1 aromatic heterocycles. The summed E-state index contributed by atoms with van der Waals surface area (Å²) in [6.07, 6.45) is 0.445. The van der Waals surface area contributed by atoms with Crippen LogP contribution in [0.25, 0.3) is 0 Å². The van der Waals surface area contributed by atoms with Gasteiger partial charge in [-0.2, -0.15) is 0 Å². The van der Waals surface area contributed by atoms with Gasteiger partial charge in [-0.1, -0.05) is 49.3 Å². The quantitative estimate of drug-likeness (QED) is 0.305. The molecule has 2 aromatic carbocycles. The lowest BCUT2D eigenvalue weighted by atomic mass is 10.0. The molecule has 264 valence electrons. The van der Waals surface area contributed by atoms with Crippen LogP contribution in [-0.2, 0) is 32.1 Å². The van der Waals surface area contributed by atoms with Gasteiger partial charge in [0.2, 0.25) is 17.7 Å². The van der Waals surface area contributed by atoms with E-state index in [1.165, 1.54) is 22.8 Å². The van der Waals surface area contributed by atoms with Gasteiger partial charge >= 0.3 is 0 Å². The summed E-state index contributed by atoms with van der Waals surface area (Å²) in [4.78, 5) is 82.5. The Hall–Kier alpha value is -5.73. The fraction of sp³-hybridized carbons (Fsp3) is 0.400. The van der Waals surface area contributed by atoms with Crippen molar-refractivity contribution in [2.75, 3.05) is 31.6 Å². The molecule has 50 heavy (non-hydrogen) atoms. The van der Waals surface area contributed by atoms with Crippen molar-refractivity contribution in [2.24, 2.45) is 5.92 Å². The molecule has 0 saturated heterocycles. The predicted molar refractivity (Wildman–Crippen MR) is 180 cm³/mol. The summed E-state index contributed by atoms with van der Waals surface area (Å²) in [5, 5.41) is 14.8. The molecule has 2 aliphatic heterocycles. The molecule has 2 bridgehead atoms. The van der Waals surface area contributed by atoms with Crippen molar-refractivity contribution in [3.05, 3.63) is 77.2 Å². The van der Waals surface area contributed by atoms with Crippen molar-refractivity contribution in [1.29, 1.82) is 0 Å². The smallest absolute Gasteiger partial charge is 0.274 e. The van der Waals surface area contributed by atoms with E-state index >= 15 is 0 Å². The van der Waals surface area contributed by atoms with Gasteiger partial charge in [0.1, 0.15) is 23.9 Å². The summed E-state index contributed by atoms with van der Waals surface area (Å²) >= 11 is 0. The maximum atomic E-state index is 13.9. The molecule has 0 unspecified atom stereocenters. The number of carbonyl (C=O) groups is 6. The summed E-state index contributed by atoms with van der Waals surface area (Å²) in [6, 6.07) is 12.2. The molecule has 5 rings (SSSR count). The summed E-state index contributed by atoms with van der Waals surface area (Å²) in [6.45, 7) is 5.02. The summed E-state index contributed by atoms with van der Waals surface area (Å²) < 4.78 is 10.9. The molecule has 0 saturated carbocycles. The van der Waals surface area contributed by atoms with Gasteiger partial charge in [0.15, 0.2) is 18.1 Å². The van der Waals surface area contributed by atoms with E-state index < -0.39 is 47.7 Å². The van der Waals surface area contributed by atoms with Crippen molar-refractivity contribution < 1.29 is 38.0 Å². The number of carbonyl (C=O) groups excluding carboxylic acids is 6. The van der Waals surface area contributed by atoms with E-state index in [0.717, 1.165) is 5.56 Å². The Kier molecular flexibility index (Phi) is 11.1. The topological polar surface area (TPSA) is 192 Å². The molecular weight excluding hydrogens is 646 g/mol. The highest BCUT2D eigenvalue weighted by Crippen LogP contribution is 2.32. The summed E-state index contributed by atoms with van der Waals surface area (Å²) in [5.74, 6) is -2.43. The molecule has 3 heterocycles. The molecule has 0 radical (unpaired) electrons. The number of hydrogen-bond donors (Lipinski definition) is 4. The van der Waals surface area contributed by atoms with Crippen molar-refractivity contribution in [3.8, 4) is 5.75 Å². The zero-order valence-electron chi connectivity index (χ0n) is 28.4. The minimum Gasteiger partial charge on any atom is -0.482 e. The second kappa shape index (κ2) is 15.7. The average Bonchev–Trinajstić information content (AvgIpc) is 3.57. The highest BCUT2D eigenvalue weighted by Gasteiger charge is 2.31. The van der Waals surface area contributed by atoms with Crippen LogP contribution in [0.2, 0.25) is 0 Å². The molecule has 0 spiro atoms. The largest absolute Gasteiger partial charge is 0.482 e. The van der Waals surface area contributed by atoms with Crippen LogP contribution in [0.3, 0.4) is 0 Å². The Bertz CT molecular complexity index is 1760. The lowest BCUT2D eigenvalue weighted by Gasteiger charge is -2.28. The van der Waals surface area contributed by atoms with E-state index in [2.05, 4.69) is 26.4 Å². The molecule has 15 heteroatoms. The molecule has 3 atom stereocenters. The molecule has 3 aromatic rings. The van der Waals surface area contributed by atoms with Gasteiger partial charge in [0, 0.05) is 38.2 Å². The second-order valence-electron chi connectivity index (χ2n) is 12.8. The van der Waals surface area contributed by atoms with E-state index in [4.69, 9.17) is 9.26 Å². The number of nitrogens with zero attached hydrogens (tertiary/aromatic N) is 3. The first-order chi connectivity index (χ1) is 23.9. The van der Waals surface area contributed by atoms with E-state index in [1.807, 2.05) is 44.2 Å². The Morgan fingerprint density at radius 1 is 0.940 bits per heavy atom. The number of aromatic nitrogens is 1. The van der Waals surface area contributed by atoms with Gasteiger partial charge in [-0.25, -0.2) is 0 Å². The van der Waals surface area contributed by atoms with Crippen LogP contribution in [0.4, 0.5) is 5.69 Å². The zero-order valence-corrected chi connectivity index (χ0v) is 28.4. The van der Waals surface area contributed by atoms with E-state index in [9.17, 15) is 28.8 Å². The van der Waals surface area contributed by atoms with Crippen molar-refractivity contribution >= 4 is 41.1 Å². The van der Waals surface area contributed by atoms with Crippen LogP contribution in [0, 0.1) is 5.92 Å². The van der Waals surface area contributed by atoms with E-state index in [1.54, 1.807) is 25.2 Å². The second-order valence-corrected chi connectivity index (χ2v) is 12.8. The van der Waals surface area contributed by atoms with Crippen LogP contribution < -0.4 is 30.9 Å². The van der Waals surface area contributed by atoms with Gasteiger partial charge in [-0.15, -0.1) is 0 Å². The van der Waals surface area contributed by atoms with Crippen molar-refractivity contribution in [2.45, 2.75) is 58.3 Å². The molecule has 6 amide bonds. The minimum absolute atomic E-state index is 0.00419. The molecule has 4 N–H and O–H groups in total. The fourth-order valence-corrected chi connectivity index (χ4v) is 5.63. The van der Waals surface area contributed by atoms with Gasteiger partial charge in [0.25, 0.3) is 17.7 Å². The molecule has 15 nitrogen and oxygen atoms in total. The lowest BCUT2D eigenvalue weighted by Crippen LogP contribution is -2.57. The first-order valence-corrected chi connectivity index (χ1v) is 16.4. The standard InChI is InChI=1S/C35H41N7O8/c1-20(2)14-25-33(46)39-26(15-22-8-6-5-7-9-22)32(45)36-12-13-42(18-24-17-27(40-50-24)34(47)37-21(3)31(44)38-25)35(48)23-10-11-29-28(16-23)41(4)30(43)19-49-29/h5-11,16-17,20-21,25-26H,12-15,18-19H2,1-4H3,(H,36,45)(H,37,47)(H,38,44)(H,39,46)/t21-,25-,26-/m1/s1. The number of benzene rings is 2. The van der Waals surface area contributed by atoms with E-state index in [-0.39, 0.29) is 67.9 Å². The molecule has 2 aliphatic rings. The normalized spacial score (nSPS) is 20.8. The lowest BCUT2D eigenvalue weighted by molar-refractivity contribution is -0.132. The number of likely N-dealkylation sites (N-methyl/N-ethyl adjacent to an activating group) is 1.